The van der Waals surface area contributed by atoms with E-state index in [0.29, 0.717) is 0 Å². The summed E-state index contributed by atoms with van der Waals surface area (Å²) >= 11 is 2.90. The van der Waals surface area contributed by atoms with Crippen molar-refractivity contribution < 1.29 is 25.0 Å². The Morgan fingerprint density at radius 1 is 1.11 bits per heavy atom. The first-order valence-corrected chi connectivity index (χ1v) is 9.59. The van der Waals surface area contributed by atoms with Crippen molar-refractivity contribution in [3.8, 4) is 5.75 Å². The van der Waals surface area contributed by atoms with Gasteiger partial charge in [-0.25, -0.2) is 0 Å². The zero-order valence-corrected chi connectivity index (χ0v) is 14.3. The van der Waals surface area contributed by atoms with Crippen molar-refractivity contribution in [3.05, 3.63) is 29.8 Å². The fourth-order valence-corrected chi connectivity index (χ4v) is 2.47. The van der Waals surface area contributed by atoms with Crippen LogP contribution in [-0.4, -0.2) is 20.0 Å². The van der Waals surface area contributed by atoms with Crippen LogP contribution in [0.2, 0.25) is 18.1 Å². The summed E-state index contributed by atoms with van der Waals surface area (Å²) in [6.45, 7) is 11.2. The predicted molar refractivity (Wildman–Crippen MR) is 75.4 cm³/mol. The number of methoxy groups -OCH3 is 1. The Bertz CT molecular complexity index is 418. The average Bonchev–Trinajstić information content (AvgIpc) is 2.27. The summed E-state index contributed by atoms with van der Waals surface area (Å²) in [5.41, 5.74) is 1.04. The molecule has 4 heteroatoms. The minimum absolute atomic E-state index is 0.216. The Kier molecular flexibility index (Phi) is 4.97. The molecule has 0 unspecified atom stereocenters. The maximum absolute atomic E-state index is 6.21. The van der Waals surface area contributed by atoms with E-state index in [0.717, 1.165) is 15.9 Å². The van der Waals surface area contributed by atoms with Crippen molar-refractivity contribution in [3.63, 3.8) is 0 Å². The van der Waals surface area contributed by atoms with Crippen molar-refractivity contribution >= 4 is 12.9 Å². The van der Waals surface area contributed by atoms with Crippen molar-refractivity contribution in [2.24, 2.45) is 0 Å². The molecule has 0 saturated heterocycles. The summed E-state index contributed by atoms with van der Waals surface area (Å²) in [4.78, 5) is 0. The third-order valence-electron chi connectivity index (χ3n) is 3.45. The molecule has 0 aromatic heterocycles. The molecule has 0 aliphatic heterocycles. The van der Waals surface area contributed by atoms with E-state index >= 15 is 0 Å². The molecule has 1 aromatic carbocycles. The van der Waals surface area contributed by atoms with Gasteiger partial charge in [0.1, 0.15) is 0 Å². The third-order valence-corrected chi connectivity index (χ3v) is 8.44. The van der Waals surface area contributed by atoms with Gasteiger partial charge in [0.2, 0.25) is 0 Å². The van der Waals surface area contributed by atoms with Gasteiger partial charge in [0.15, 0.2) is 0 Å². The molecule has 0 aliphatic carbocycles. The first-order valence-electron chi connectivity index (χ1n) is 6.05. The van der Waals surface area contributed by atoms with Crippen LogP contribution in [0.3, 0.4) is 0 Å². The van der Waals surface area contributed by atoms with E-state index in [4.69, 9.17) is 9.16 Å². The Balaban J connectivity index is 2.85. The van der Waals surface area contributed by atoms with Gasteiger partial charge >= 0.3 is 119 Å². The van der Waals surface area contributed by atoms with Gasteiger partial charge in [0, 0.05) is 0 Å². The summed E-state index contributed by atoms with van der Waals surface area (Å²) in [5, 5.41) is 0.216. The standard InChI is InChI=1S/C14H22O2Si.Cr/c1-14(2,3)17(5,6)16-13-9-7-12(8-10-13)11-15-4;/h7-10H,1-6H3;. The Labute approximate surface area is 119 Å². The summed E-state index contributed by atoms with van der Waals surface area (Å²) in [6, 6.07) is 8.04. The van der Waals surface area contributed by atoms with E-state index in [9.17, 15) is 0 Å². The first kappa shape index (κ1) is 15.7. The molecule has 1 aromatic rings. The van der Waals surface area contributed by atoms with E-state index in [1.54, 1.807) is 7.11 Å². The molecule has 1 rings (SSSR count). The molecular formula is C14H22CrO2Si. The molecule has 0 amide bonds. The van der Waals surface area contributed by atoms with Gasteiger partial charge in [-0.3, -0.25) is 0 Å². The Morgan fingerprint density at radius 3 is 2.00 bits per heavy atom. The second-order valence-corrected chi connectivity index (χ2v) is 11.2. The molecule has 0 aliphatic rings. The normalized spacial score (nSPS) is 12.3. The molecule has 0 saturated carbocycles. The van der Waals surface area contributed by atoms with E-state index in [1.807, 2.05) is 24.3 Å². The average molecular weight is 302 g/mol. The fourth-order valence-electron chi connectivity index (χ4n) is 1.22. The summed E-state index contributed by atoms with van der Waals surface area (Å²) in [7, 11) is -0.0859. The van der Waals surface area contributed by atoms with Crippen molar-refractivity contribution in [1.29, 1.82) is 0 Å². The van der Waals surface area contributed by atoms with Crippen LogP contribution in [0.5, 0.6) is 5.75 Å². The predicted octanol–water partition coefficient (Wildman–Crippen LogP) is 3.74. The Morgan fingerprint density at radius 2 is 1.61 bits per heavy atom. The third kappa shape index (κ3) is 3.79. The van der Waals surface area contributed by atoms with Crippen LogP contribution in [0.4, 0.5) is 0 Å². The number of hydrogen-bond acceptors (Lipinski definition) is 2. The molecule has 18 heavy (non-hydrogen) atoms. The molecule has 2 nitrogen and oxygen atoms in total. The van der Waals surface area contributed by atoms with Crippen molar-refractivity contribution in [1.82, 2.24) is 0 Å². The van der Waals surface area contributed by atoms with E-state index in [-0.39, 0.29) is 5.04 Å². The second kappa shape index (κ2) is 5.71. The SMILES string of the molecule is CO[C](=[Cr])c1ccc(O[Si](C)(C)C(C)(C)C)cc1. The summed E-state index contributed by atoms with van der Waals surface area (Å²) in [6.07, 6.45) is 0. The topological polar surface area (TPSA) is 18.5 Å². The zero-order valence-electron chi connectivity index (χ0n) is 12.0. The van der Waals surface area contributed by atoms with Crippen LogP contribution in [0.15, 0.2) is 24.3 Å². The van der Waals surface area contributed by atoms with Gasteiger partial charge in [0.25, 0.3) is 0 Å². The summed E-state index contributed by atoms with van der Waals surface area (Å²) < 4.78 is 12.2. The van der Waals surface area contributed by atoms with Crippen LogP contribution in [0.1, 0.15) is 26.3 Å². The molecule has 0 bridgehead atoms. The van der Waals surface area contributed by atoms with Gasteiger partial charge in [-0.05, 0) is 0 Å². The van der Waals surface area contributed by atoms with Crippen molar-refractivity contribution in [2.45, 2.75) is 38.9 Å². The van der Waals surface area contributed by atoms with Gasteiger partial charge in [-0.1, -0.05) is 0 Å². The van der Waals surface area contributed by atoms with Crippen LogP contribution < -0.4 is 4.43 Å². The van der Waals surface area contributed by atoms with Gasteiger partial charge in [-0.2, -0.15) is 0 Å². The first-order chi connectivity index (χ1) is 8.17. The molecular weight excluding hydrogens is 280 g/mol. The van der Waals surface area contributed by atoms with Gasteiger partial charge in [-0.15, -0.1) is 0 Å². The number of ether oxygens (including phenoxy) is 1. The molecule has 0 heterocycles. The number of rotatable bonds is 4. The van der Waals surface area contributed by atoms with Crippen molar-refractivity contribution in [2.75, 3.05) is 7.11 Å². The fraction of sp³-hybridized carbons (Fsp3) is 0.500. The van der Waals surface area contributed by atoms with Crippen LogP contribution in [-0.2, 0) is 20.6 Å². The van der Waals surface area contributed by atoms with E-state index < -0.39 is 8.32 Å². The van der Waals surface area contributed by atoms with Crippen LogP contribution in [0, 0.1) is 0 Å². The quantitative estimate of drug-likeness (QED) is 0.789. The zero-order chi connectivity index (χ0) is 14.0. The molecule has 0 N–H and O–H groups in total. The van der Waals surface area contributed by atoms with E-state index in [1.165, 1.54) is 0 Å². The molecule has 0 fully saturated rings. The molecule has 100 valence electrons. The second-order valence-electron chi connectivity index (χ2n) is 5.88. The monoisotopic (exact) mass is 302 g/mol. The van der Waals surface area contributed by atoms with Gasteiger partial charge in [0.05, 0.1) is 0 Å². The van der Waals surface area contributed by atoms with Crippen LogP contribution in [0.25, 0.3) is 0 Å². The molecule has 0 atom stereocenters. The maximum atomic E-state index is 6.21. The number of hydrogen-bond donors (Lipinski definition) is 0. The Hall–Kier alpha value is -0.401. The minimum atomic E-state index is -1.74. The summed E-state index contributed by atoms with van der Waals surface area (Å²) in [5.74, 6) is 0.939. The number of benzene rings is 1. The van der Waals surface area contributed by atoms with Crippen LogP contribution >= 0.6 is 0 Å². The molecule has 0 radical (unpaired) electrons. The van der Waals surface area contributed by atoms with E-state index in [2.05, 4.69) is 49.7 Å². The molecule has 0 spiro atoms. The van der Waals surface area contributed by atoms with Gasteiger partial charge < -0.3 is 0 Å².